The summed E-state index contributed by atoms with van der Waals surface area (Å²) in [5.41, 5.74) is 3.67. The number of imide groups is 1. The third-order valence-electron chi connectivity index (χ3n) is 9.76. The van der Waals surface area contributed by atoms with Crippen molar-refractivity contribution >= 4 is 74.3 Å². The second-order valence-electron chi connectivity index (χ2n) is 13.2. The number of hydrogen-bond donors (Lipinski definition) is 4. The molecule has 3 aromatic heterocycles. The number of pyridine rings is 1. The van der Waals surface area contributed by atoms with Crippen molar-refractivity contribution in [3.05, 3.63) is 69.7 Å². The molecule has 0 bridgehead atoms. The van der Waals surface area contributed by atoms with Crippen molar-refractivity contribution in [3.8, 4) is 5.75 Å². The molecule has 2 aliphatic rings. The molecule has 2 aromatic carbocycles. The summed E-state index contributed by atoms with van der Waals surface area (Å²) < 4.78 is 8.76. The number of benzene rings is 2. The molecule has 0 aliphatic carbocycles. The normalized spacial score (nSPS) is 16.6. The summed E-state index contributed by atoms with van der Waals surface area (Å²) in [6.45, 7) is 2.11. The first kappa shape index (κ1) is 34.7. The highest BCUT2D eigenvalue weighted by molar-refractivity contribution is 6.33. The molecule has 15 nitrogen and oxygen atoms in total. The average Bonchev–Trinajstić information content (AvgIpc) is 3.47. The van der Waals surface area contributed by atoms with Crippen molar-refractivity contribution in [2.75, 3.05) is 48.8 Å². The summed E-state index contributed by atoms with van der Waals surface area (Å²) in [5, 5.41) is 18.5. The van der Waals surface area contributed by atoms with Crippen molar-refractivity contribution in [1.82, 2.24) is 34.9 Å². The van der Waals surface area contributed by atoms with Crippen LogP contribution in [0, 0.1) is 5.92 Å². The maximum Gasteiger partial charge on any atom is 0.293 e. The Balaban J connectivity index is 0.974. The Morgan fingerprint density at radius 1 is 1.02 bits per heavy atom. The highest BCUT2D eigenvalue weighted by atomic mass is 35.5. The largest absolute Gasteiger partial charge is 0.478 e. The van der Waals surface area contributed by atoms with E-state index in [1.54, 1.807) is 24.0 Å². The highest BCUT2D eigenvalue weighted by Gasteiger charge is 2.31. The van der Waals surface area contributed by atoms with E-state index >= 15 is 0 Å². The van der Waals surface area contributed by atoms with Gasteiger partial charge in [-0.05, 0) is 67.6 Å². The van der Waals surface area contributed by atoms with Crippen LogP contribution in [0.5, 0.6) is 5.75 Å². The van der Waals surface area contributed by atoms with E-state index in [9.17, 15) is 19.2 Å². The van der Waals surface area contributed by atoms with Gasteiger partial charge in [-0.25, -0.2) is 4.98 Å². The van der Waals surface area contributed by atoms with Crippen LogP contribution in [0.2, 0.25) is 5.02 Å². The predicted octanol–water partition coefficient (Wildman–Crippen LogP) is 3.59. The number of aryl methyl sites for hydroxylation is 2. The predicted molar refractivity (Wildman–Crippen MR) is 198 cm³/mol. The fourth-order valence-electron chi connectivity index (χ4n) is 6.79. The number of nitrogens with zero attached hydrogens (tertiary/aromatic N) is 6. The van der Waals surface area contributed by atoms with Gasteiger partial charge in [-0.3, -0.25) is 29.2 Å². The number of amides is 3. The Kier molecular flexibility index (Phi) is 9.69. The van der Waals surface area contributed by atoms with E-state index in [1.165, 1.54) is 11.6 Å². The zero-order valence-corrected chi connectivity index (χ0v) is 29.8. The minimum absolute atomic E-state index is 0.0757. The van der Waals surface area contributed by atoms with Gasteiger partial charge < -0.3 is 30.2 Å². The van der Waals surface area contributed by atoms with E-state index in [2.05, 4.69) is 42.3 Å². The monoisotopic (exact) mass is 726 g/mol. The quantitative estimate of drug-likeness (QED) is 0.155. The van der Waals surface area contributed by atoms with Crippen LogP contribution in [-0.4, -0.2) is 75.3 Å². The first-order chi connectivity index (χ1) is 25.1. The summed E-state index contributed by atoms with van der Waals surface area (Å²) >= 11 is 6.53. The van der Waals surface area contributed by atoms with Crippen LogP contribution in [-0.2, 0) is 28.5 Å². The van der Waals surface area contributed by atoms with Gasteiger partial charge in [0.25, 0.3) is 11.5 Å². The number of fused-ring (bicyclic) bond motifs is 2. The number of aromatic nitrogens is 5. The Labute approximate surface area is 303 Å². The number of carbonyl (C=O) groups is 3. The fourth-order valence-corrected chi connectivity index (χ4v) is 6.93. The first-order valence-corrected chi connectivity index (χ1v) is 17.5. The number of halogens is 1. The van der Waals surface area contributed by atoms with Gasteiger partial charge in [0.15, 0.2) is 18.2 Å². The zero-order valence-electron chi connectivity index (χ0n) is 29.0. The van der Waals surface area contributed by atoms with Crippen LogP contribution in [0.1, 0.15) is 37.3 Å². The van der Waals surface area contributed by atoms with Crippen LogP contribution < -0.4 is 36.5 Å². The summed E-state index contributed by atoms with van der Waals surface area (Å²) in [5.74, 6) is 0.267. The first-order valence-electron chi connectivity index (χ1n) is 17.1. The van der Waals surface area contributed by atoms with E-state index in [4.69, 9.17) is 21.3 Å². The van der Waals surface area contributed by atoms with Crippen molar-refractivity contribution in [3.63, 3.8) is 0 Å². The molecule has 0 spiro atoms. The lowest BCUT2D eigenvalue weighted by Crippen LogP contribution is -2.39. The lowest BCUT2D eigenvalue weighted by molar-refractivity contribution is -0.134. The maximum absolute atomic E-state index is 12.8. The fraction of sp³-hybridized carbons (Fsp3) is 0.361. The molecule has 5 aromatic rings. The number of likely N-dealkylation sites (N-methyl/N-ethyl adjacent to an activating group) is 1. The van der Waals surface area contributed by atoms with Gasteiger partial charge in [-0.1, -0.05) is 11.6 Å². The van der Waals surface area contributed by atoms with Crippen molar-refractivity contribution < 1.29 is 19.1 Å². The zero-order chi connectivity index (χ0) is 36.5. The van der Waals surface area contributed by atoms with Crippen LogP contribution in [0.15, 0.2) is 53.5 Å². The molecule has 2 saturated heterocycles. The summed E-state index contributed by atoms with van der Waals surface area (Å²) in [6.07, 6.45) is 4.26. The summed E-state index contributed by atoms with van der Waals surface area (Å²) in [7, 11) is 5.02. The van der Waals surface area contributed by atoms with Gasteiger partial charge >= 0.3 is 0 Å². The molecule has 4 N–H and O–H groups in total. The molecule has 0 saturated carbocycles. The second-order valence-corrected chi connectivity index (χ2v) is 13.6. The third kappa shape index (κ3) is 7.08. The average molecular weight is 727 g/mol. The third-order valence-corrected chi connectivity index (χ3v) is 10.0. The molecular formula is C36H39ClN10O5. The summed E-state index contributed by atoms with van der Waals surface area (Å²) in [6, 6.07) is 13.2. The van der Waals surface area contributed by atoms with E-state index in [-0.39, 0.29) is 35.6 Å². The second kappa shape index (κ2) is 14.5. The molecule has 7 rings (SSSR count). The molecule has 0 radical (unpaired) electrons. The number of piperidine rings is 2. The van der Waals surface area contributed by atoms with Gasteiger partial charge in [0.05, 0.1) is 28.8 Å². The Hall–Kier alpha value is -5.70. The molecule has 1 unspecified atom stereocenters. The molecule has 270 valence electrons. The number of carbonyl (C=O) groups excluding carboxylic acids is 3. The van der Waals surface area contributed by atoms with E-state index in [0.717, 1.165) is 54.5 Å². The number of nitrogens with one attached hydrogen (secondary N) is 4. The molecular weight excluding hydrogens is 688 g/mol. The van der Waals surface area contributed by atoms with Crippen LogP contribution >= 0.6 is 11.6 Å². The van der Waals surface area contributed by atoms with Crippen molar-refractivity contribution in [2.24, 2.45) is 20.0 Å². The number of rotatable bonds is 10. The standard InChI is InChI=1S/C36H39ClN10O5/c1-38-31(49)19-52-29-15-21-14-23(5-8-27(21)45(2)35(29)51)41-33-26(37)18-40-36(43-33)47-12-10-20(11-13-47)17-39-22-4-6-24-28(16-22)46(3)44-32(24)25-7-9-30(48)42-34(25)50/h4-6,8,14-16,18,20,25,39H,7,9-13,17,19H2,1-3H3,(H,38,49)(H,40,41,43)(H,42,48,50). The minimum Gasteiger partial charge on any atom is -0.478 e. The minimum atomic E-state index is -0.435. The Bertz CT molecular complexity index is 2260. The molecule has 2 fully saturated rings. The Morgan fingerprint density at radius 3 is 2.58 bits per heavy atom. The molecule has 16 heteroatoms. The Morgan fingerprint density at radius 2 is 1.81 bits per heavy atom. The maximum atomic E-state index is 12.8. The lowest BCUT2D eigenvalue weighted by Gasteiger charge is -2.32. The van der Waals surface area contributed by atoms with E-state index in [0.29, 0.717) is 52.4 Å². The van der Waals surface area contributed by atoms with Crippen LogP contribution in [0.3, 0.4) is 0 Å². The van der Waals surface area contributed by atoms with Gasteiger partial charge in [0, 0.05) is 69.3 Å². The molecule has 2 aliphatic heterocycles. The topological polar surface area (TPSA) is 177 Å². The van der Waals surface area contributed by atoms with Gasteiger partial charge in [-0.2, -0.15) is 10.1 Å². The van der Waals surface area contributed by atoms with Crippen LogP contribution in [0.4, 0.5) is 23.1 Å². The number of anilines is 4. The highest BCUT2D eigenvalue weighted by Crippen LogP contribution is 2.33. The van der Waals surface area contributed by atoms with Gasteiger partial charge in [0.2, 0.25) is 17.8 Å². The smallest absolute Gasteiger partial charge is 0.293 e. The molecule has 5 heterocycles. The SMILES string of the molecule is CNC(=O)COc1cc2cc(Nc3nc(N4CCC(CNc5ccc6c(C7CCC(=O)NC7=O)nn(C)c6c5)CC4)ncc3Cl)ccc2n(C)c1=O. The molecule has 3 amide bonds. The molecule has 1 atom stereocenters. The van der Waals surface area contributed by atoms with E-state index < -0.39 is 5.92 Å². The molecule has 52 heavy (non-hydrogen) atoms. The summed E-state index contributed by atoms with van der Waals surface area (Å²) in [4.78, 5) is 60.0. The van der Waals surface area contributed by atoms with Crippen LogP contribution in [0.25, 0.3) is 21.8 Å². The van der Waals surface area contributed by atoms with Crippen molar-refractivity contribution in [1.29, 1.82) is 0 Å². The van der Waals surface area contributed by atoms with Gasteiger partial charge in [-0.15, -0.1) is 0 Å². The van der Waals surface area contributed by atoms with Crippen molar-refractivity contribution in [2.45, 2.75) is 31.6 Å². The number of hydrogen-bond acceptors (Lipinski definition) is 11. The lowest BCUT2D eigenvalue weighted by atomic mass is 9.93. The number of ether oxygens (including phenoxy) is 1. The van der Waals surface area contributed by atoms with Gasteiger partial charge in [0.1, 0.15) is 5.02 Å². The van der Waals surface area contributed by atoms with E-state index in [1.807, 2.05) is 37.4 Å².